The van der Waals surface area contributed by atoms with Crippen molar-refractivity contribution in [3.8, 4) is 0 Å². The van der Waals surface area contributed by atoms with Crippen LogP contribution in [0, 0.1) is 0 Å². The Morgan fingerprint density at radius 1 is 0.750 bits per heavy atom. The lowest BCUT2D eigenvalue weighted by molar-refractivity contribution is -0.132. The average Bonchev–Trinajstić information content (AvgIpc) is 2.79. The fourth-order valence-electron chi connectivity index (χ4n) is 3.45. The van der Waals surface area contributed by atoms with Crippen LogP contribution in [0.5, 0.6) is 0 Å². The van der Waals surface area contributed by atoms with Gasteiger partial charge in [-0.3, -0.25) is 4.79 Å². The van der Waals surface area contributed by atoms with E-state index >= 15 is 0 Å². The molecule has 0 aromatic carbocycles. The van der Waals surface area contributed by atoms with E-state index in [1.165, 1.54) is 12.8 Å². The van der Waals surface area contributed by atoms with Gasteiger partial charge in [0.05, 0.1) is 18.8 Å². The summed E-state index contributed by atoms with van der Waals surface area (Å²) in [5, 5.41) is 42.6. The highest BCUT2D eigenvalue weighted by atomic mass is 16.3. The Morgan fingerprint density at radius 3 is 1.97 bits per heavy atom. The van der Waals surface area contributed by atoms with Gasteiger partial charge in [-0.25, -0.2) is 0 Å². The largest absolute Gasteiger partial charge is 0.394 e. The minimum Gasteiger partial charge on any atom is -0.394 e. The first-order valence-corrected chi connectivity index (χ1v) is 12.7. The molecule has 0 rings (SSSR count). The molecule has 0 aromatic rings. The predicted octanol–water partition coefficient (Wildman–Crippen LogP) is 4.16. The van der Waals surface area contributed by atoms with E-state index < -0.39 is 36.9 Å². The first-order chi connectivity index (χ1) is 15.5. The van der Waals surface area contributed by atoms with Crippen LogP contribution in [0.4, 0.5) is 0 Å². The van der Waals surface area contributed by atoms with Crippen LogP contribution in [0.2, 0.25) is 0 Å². The van der Waals surface area contributed by atoms with Gasteiger partial charge < -0.3 is 25.7 Å². The molecule has 1 amide bonds. The molecule has 32 heavy (non-hydrogen) atoms. The number of nitrogens with one attached hydrogen (secondary N) is 1. The van der Waals surface area contributed by atoms with E-state index in [1.54, 1.807) is 0 Å². The molecule has 4 unspecified atom stereocenters. The van der Waals surface area contributed by atoms with E-state index in [0.717, 1.165) is 57.8 Å². The van der Waals surface area contributed by atoms with Gasteiger partial charge in [-0.2, -0.15) is 0 Å². The van der Waals surface area contributed by atoms with Crippen molar-refractivity contribution in [3.63, 3.8) is 0 Å². The van der Waals surface area contributed by atoms with Crippen LogP contribution in [0.25, 0.3) is 0 Å². The molecule has 0 saturated heterocycles. The molecule has 0 heterocycles. The fraction of sp³-hybridized carbons (Fsp3) is 0.808. The number of aliphatic hydroxyl groups excluding tert-OH is 4. The van der Waals surface area contributed by atoms with E-state index in [2.05, 4.69) is 43.5 Å². The van der Waals surface area contributed by atoms with Gasteiger partial charge in [0.2, 0.25) is 5.91 Å². The van der Waals surface area contributed by atoms with Gasteiger partial charge in [-0.05, 0) is 51.4 Å². The second kappa shape index (κ2) is 21.6. The summed E-state index contributed by atoms with van der Waals surface area (Å²) in [7, 11) is 0. The SMILES string of the molecule is CCC/C=C/CCCC(O)C(O)C(CO)NC(=O)C(O)CCCCCC/C=C\CCCC. The number of aliphatic hydroxyl groups is 4. The molecular weight excluding hydrogens is 406 g/mol. The van der Waals surface area contributed by atoms with Crippen molar-refractivity contribution in [2.75, 3.05) is 6.61 Å². The molecule has 188 valence electrons. The molecule has 0 aliphatic heterocycles. The normalized spacial score (nSPS) is 15.8. The van der Waals surface area contributed by atoms with Crippen molar-refractivity contribution in [2.24, 2.45) is 0 Å². The van der Waals surface area contributed by atoms with Crippen LogP contribution in [0.3, 0.4) is 0 Å². The number of rotatable bonds is 21. The van der Waals surface area contributed by atoms with Gasteiger partial charge in [0.15, 0.2) is 0 Å². The molecule has 0 spiro atoms. The highest BCUT2D eigenvalue weighted by Crippen LogP contribution is 2.12. The maximum atomic E-state index is 12.2. The average molecular weight is 456 g/mol. The van der Waals surface area contributed by atoms with E-state index in [4.69, 9.17) is 0 Å². The third-order valence-corrected chi connectivity index (χ3v) is 5.62. The van der Waals surface area contributed by atoms with Crippen LogP contribution in [0.1, 0.15) is 104 Å². The van der Waals surface area contributed by atoms with E-state index in [1.807, 2.05) is 0 Å². The number of amides is 1. The summed E-state index contributed by atoms with van der Waals surface area (Å²) in [5.74, 6) is -0.614. The predicted molar refractivity (Wildman–Crippen MR) is 131 cm³/mol. The molecule has 0 radical (unpaired) electrons. The summed E-state index contributed by atoms with van der Waals surface area (Å²) < 4.78 is 0. The Kier molecular flexibility index (Phi) is 20.8. The number of carbonyl (C=O) groups excluding carboxylic acids is 1. The van der Waals surface area contributed by atoms with E-state index in [9.17, 15) is 25.2 Å². The number of allylic oxidation sites excluding steroid dienone is 4. The molecular formula is C26H49NO5. The van der Waals surface area contributed by atoms with Crippen molar-refractivity contribution >= 4 is 5.91 Å². The maximum absolute atomic E-state index is 12.2. The lowest BCUT2D eigenvalue weighted by Gasteiger charge is -2.27. The Hall–Kier alpha value is -1.21. The lowest BCUT2D eigenvalue weighted by atomic mass is 10.00. The highest BCUT2D eigenvalue weighted by Gasteiger charge is 2.28. The summed E-state index contributed by atoms with van der Waals surface area (Å²) in [4.78, 5) is 12.2. The van der Waals surface area contributed by atoms with Crippen LogP contribution >= 0.6 is 0 Å². The summed E-state index contributed by atoms with van der Waals surface area (Å²) in [6.07, 6.45) is 18.1. The Labute approximate surface area is 195 Å². The van der Waals surface area contributed by atoms with Gasteiger partial charge in [-0.15, -0.1) is 0 Å². The maximum Gasteiger partial charge on any atom is 0.249 e. The molecule has 0 aromatic heterocycles. The standard InChI is InChI=1S/C26H49NO5/c1-3-5-7-9-11-12-13-14-16-18-20-24(30)26(32)27-22(21-28)25(31)23(29)19-17-15-10-8-6-4-2/h8-11,22-25,28-31H,3-7,12-21H2,1-2H3,(H,27,32)/b10-8+,11-9-. The molecule has 5 N–H and O–H groups in total. The number of hydrogen-bond acceptors (Lipinski definition) is 5. The smallest absolute Gasteiger partial charge is 0.249 e. The van der Waals surface area contributed by atoms with Crippen molar-refractivity contribution in [3.05, 3.63) is 24.3 Å². The molecule has 0 aliphatic rings. The van der Waals surface area contributed by atoms with E-state index in [0.29, 0.717) is 19.3 Å². The van der Waals surface area contributed by atoms with Crippen LogP contribution in [-0.4, -0.2) is 57.3 Å². The van der Waals surface area contributed by atoms with Gasteiger partial charge in [-0.1, -0.05) is 76.7 Å². The van der Waals surface area contributed by atoms with Crippen LogP contribution in [0.15, 0.2) is 24.3 Å². The second-order valence-electron chi connectivity index (χ2n) is 8.67. The van der Waals surface area contributed by atoms with Crippen molar-refractivity contribution in [1.29, 1.82) is 0 Å². The van der Waals surface area contributed by atoms with Gasteiger partial charge in [0, 0.05) is 0 Å². The molecule has 6 nitrogen and oxygen atoms in total. The first kappa shape index (κ1) is 30.8. The molecule has 0 fully saturated rings. The topological polar surface area (TPSA) is 110 Å². The second-order valence-corrected chi connectivity index (χ2v) is 8.67. The zero-order valence-electron chi connectivity index (χ0n) is 20.4. The summed E-state index contributed by atoms with van der Waals surface area (Å²) in [6.45, 7) is 3.80. The third-order valence-electron chi connectivity index (χ3n) is 5.62. The Morgan fingerprint density at radius 2 is 1.34 bits per heavy atom. The minimum atomic E-state index is -1.28. The van der Waals surface area contributed by atoms with Gasteiger partial charge in [0.25, 0.3) is 0 Å². The molecule has 0 saturated carbocycles. The van der Waals surface area contributed by atoms with Crippen molar-refractivity contribution in [2.45, 2.75) is 128 Å². The lowest BCUT2D eigenvalue weighted by Crippen LogP contribution is -2.53. The summed E-state index contributed by atoms with van der Waals surface area (Å²) in [5.41, 5.74) is 0. The Bertz CT molecular complexity index is 495. The Balaban J connectivity index is 4.07. The molecule has 0 aliphatic carbocycles. The van der Waals surface area contributed by atoms with Crippen LogP contribution in [-0.2, 0) is 4.79 Å². The van der Waals surface area contributed by atoms with Crippen molar-refractivity contribution in [1.82, 2.24) is 5.32 Å². The highest BCUT2D eigenvalue weighted by molar-refractivity contribution is 5.80. The summed E-state index contributed by atoms with van der Waals surface area (Å²) >= 11 is 0. The summed E-state index contributed by atoms with van der Waals surface area (Å²) in [6, 6.07) is -0.998. The fourth-order valence-corrected chi connectivity index (χ4v) is 3.45. The quantitative estimate of drug-likeness (QED) is 0.132. The first-order valence-electron chi connectivity index (χ1n) is 12.7. The zero-order chi connectivity index (χ0) is 24.0. The number of unbranched alkanes of at least 4 members (excludes halogenated alkanes) is 8. The molecule has 4 atom stereocenters. The van der Waals surface area contributed by atoms with Crippen LogP contribution < -0.4 is 5.32 Å². The minimum absolute atomic E-state index is 0.346. The number of carbonyl (C=O) groups is 1. The van der Waals surface area contributed by atoms with Crippen molar-refractivity contribution < 1.29 is 25.2 Å². The molecule has 0 bridgehead atoms. The molecule has 6 heteroatoms. The van der Waals surface area contributed by atoms with Gasteiger partial charge >= 0.3 is 0 Å². The van der Waals surface area contributed by atoms with Gasteiger partial charge in [0.1, 0.15) is 12.2 Å². The third kappa shape index (κ3) is 16.4. The monoisotopic (exact) mass is 455 g/mol. The zero-order valence-corrected chi connectivity index (χ0v) is 20.4. The number of hydrogen-bond donors (Lipinski definition) is 5. The van der Waals surface area contributed by atoms with E-state index in [-0.39, 0.29) is 0 Å².